The van der Waals surface area contributed by atoms with Crippen molar-refractivity contribution in [2.75, 3.05) is 0 Å². The number of hydrogen-bond acceptors (Lipinski definition) is 3. The average molecular weight is 1070 g/mol. The average Bonchev–Trinajstić information content (AvgIpc) is 3.22. The zero-order valence-corrected chi connectivity index (χ0v) is 39.4. The van der Waals surface area contributed by atoms with E-state index >= 15 is 0 Å². The minimum absolute atomic E-state index is 0.202. The van der Waals surface area contributed by atoms with Gasteiger partial charge in [-0.1, -0.05) is 0 Å². The Labute approximate surface area is 354 Å². The Balaban J connectivity index is 1.46. The van der Waals surface area contributed by atoms with Gasteiger partial charge < -0.3 is 0 Å². The van der Waals surface area contributed by atoms with E-state index in [0.29, 0.717) is 0 Å². The zero-order valence-electron chi connectivity index (χ0n) is 32.9. The van der Waals surface area contributed by atoms with E-state index in [4.69, 9.17) is 8.95 Å². The fourth-order valence-electron chi connectivity index (χ4n) is 6.22. The van der Waals surface area contributed by atoms with Gasteiger partial charge in [-0.25, -0.2) is 0 Å². The molecule has 0 saturated carbocycles. The monoisotopic (exact) mass is 1070 g/mol. The summed E-state index contributed by atoms with van der Waals surface area (Å²) in [5.41, 5.74) is 7.77. The van der Waals surface area contributed by atoms with Crippen LogP contribution in [-0.2, 0) is 32.5 Å². The zero-order chi connectivity index (χ0) is 38.7. The summed E-state index contributed by atoms with van der Waals surface area (Å²) in [4.78, 5) is 0. The van der Waals surface area contributed by atoms with E-state index in [0.717, 1.165) is 13.3 Å². The molecule has 0 bridgehead atoms. The van der Waals surface area contributed by atoms with Gasteiger partial charge in [0, 0.05) is 0 Å². The van der Waals surface area contributed by atoms with Crippen LogP contribution in [0.1, 0.15) is 74.9 Å². The van der Waals surface area contributed by atoms with Gasteiger partial charge in [0.1, 0.15) is 0 Å². The summed E-state index contributed by atoms with van der Waals surface area (Å²) in [6, 6.07) is 65.3. The summed E-state index contributed by atoms with van der Waals surface area (Å²) in [6.45, 7) is 14.2. The molecule has 0 aliphatic rings. The van der Waals surface area contributed by atoms with Gasteiger partial charge in [-0.2, -0.15) is 0 Å². The van der Waals surface area contributed by atoms with Gasteiger partial charge in [0.15, 0.2) is 0 Å². The van der Waals surface area contributed by atoms with Crippen molar-refractivity contribution in [3.63, 3.8) is 0 Å². The van der Waals surface area contributed by atoms with Crippen molar-refractivity contribution in [2.24, 2.45) is 0 Å². The summed E-state index contributed by atoms with van der Waals surface area (Å²) >= 11 is -7.34. The molecule has 0 fully saturated rings. The third-order valence-corrected chi connectivity index (χ3v) is 28.6. The van der Waals surface area contributed by atoms with Crippen molar-refractivity contribution >= 4 is 68.0 Å². The number of benzene rings is 6. The van der Waals surface area contributed by atoms with Crippen molar-refractivity contribution in [1.29, 1.82) is 0 Å². The molecule has 0 amide bonds. The Morgan fingerprint density at radius 2 is 0.527 bits per heavy atom. The van der Waals surface area contributed by atoms with Crippen molar-refractivity contribution in [3.05, 3.63) is 215 Å². The van der Waals surface area contributed by atoms with Gasteiger partial charge in [-0.05, 0) is 0 Å². The van der Waals surface area contributed by atoms with Gasteiger partial charge in [-0.15, -0.1) is 0 Å². The quantitative estimate of drug-likeness (QED) is 0.0488. The minimum atomic E-state index is -2.45. The number of hydrogen-bond donors (Lipinski definition) is 0. The molecule has 288 valence electrons. The first-order chi connectivity index (χ1) is 26.5. The van der Waals surface area contributed by atoms with Crippen LogP contribution in [0.2, 0.25) is 0 Å². The fraction of sp³-hybridized carbons (Fsp3) is 0.250. The SMILES string of the molecule is CC(C)(c1ccccc1)I(Cc1ccccc1)OB(OI(Cc1ccccc1)C(C)(C)c1ccccc1)OI(Cc1ccccc1)C(C)(C)c1ccccc1. The second-order valence-corrected chi connectivity index (χ2v) is 32.3. The van der Waals surface area contributed by atoms with Crippen LogP contribution < -0.4 is 0 Å². The van der Waals surface area contributed by atoms with Gasteiger partial charge >= 0.3 is 357 Å². The van der Waals surface area contributed by atoms with Gasteiger partial charge in [0.05, 0.1) is 0 Å². The van der Waals surface area contributed by atoms with E-state index in [9.17, 15) is 0 Å². The van der Waals surface area contributed by atoms with Crippen LogP contribution in [0.25, 0.3) is 0 Å². The van der Waals surface area contributed by atoms with E-state index in [1.807, 2.05) is 0 Å². The summed E-state index contributed by atoms with van der Waals surface area (Å²) in [7, 11) is -0.786. The molecule has 0 radical (unpaired) electrons. The van der Waals surface area contributed by atoms with E-state index in [-0.39, 0.29) is 10.3 Å². The van der Waals surface area contributed by atoms with Crippen LogP contribution in [0, 0.1) is 0 Å². The van der Waals surface area contributed by atoms with Gasteiger partial charge in [-0.3, -0.25) is 0 Å². The normalized spacial score (nSPS) is 12.9. The Kier molecular flexibility index (Phi) is 15.1. The maximum atomic E-state index is 7.66. The molecule has 0 aliphatic carbocycles. The first-order valence-electron chi connectivity index (χ1n) is 18.8. The molecule has 0 saturated heterocycles. The molecular weight excluding hydrogens is 1020 g/mol. The van der Waals surface area contributed by atoms with Crippen LogP contribution in [0.3, 0.4) is 0 Å². The first kappa shape index (κ1) is 42.1. The third-order valence-electron chi connectivity index (χ3n) is 9.86. The molecule has 0 aromatic heterocycles. The summed E-state index contributed by atoms with van der Waals surface area (Å²) in [6.07, 6.45) is 0. The van der Waals surface area contributed by atoms with Crippen molar-refractivity contribution in [3.8, 4) is 0 Å². The van der Waals surface area contributed by atoms with Crippen molar-refractivity contribution in [1.82, 2.24) is 0 Å². The molecule has 0 spiro atoms. The summed E-state index contributed by atoms with van der Waals surface area (Å²) < 4.78 is 25.0. The molecule has 55 heavy (non-hydrogen) atoms. The molecular formula is C48H54BI3O3. The van der Waals surface area contributed by atoms with Crippen LogP contribution >= 0.6 is 60.7 Å². The molecule has 0 aliphatic heterocycles. The number of rotatable bonds is 18. The molecule has 0 heterocycles. The van der Waals surface area contributed by atoms with Gasteiger partial charge in [0.2, 0.25) is 0 Å². The third kappa shape index (κ3) is 11.3. The first-order valence-corrected chi connectivity index (χ1v) is 29.3. The molecule has 0 atom stereocenters. The second kappa shape index (κ2) is 19.7. The predicted molar refractivity (Wildman–Crippen MR) is 260 cm³/mol. The van der Waals surface area contributed by atoms with Crippen LogP contribution in [0.15, 0.2) is 182 Å². The molecule has 6 aromatic carbocycles. The maximum absolute atomic E-state index is 7.66. The Bertz CT molecular complexity index is 1760. The summed E-state index contributed by atoms with van der Waals surface area (Å²) in [5, 5.41) is 0. The molecule has 0 unspecified atom stereocenters. The van der Waals surface area contributed by atoms with Gasteiger partial charge in [0.25, 0.3) is 0 Å². The fourth-order valence-corrected chi connectivity index (χ4v) is 21.9. The van der Waals surface area contributed by atoms with E-state index in [2.05, 4.69) is 224 Å². The number of halogens is 3. The summed E-state index contributed by atoms with van der Waals surface area (Å²) in [5.74, 6) is 0. The molecule has 0 N–H and O–H groups in total. The van der Waals surface area contributed by atoms with E-state index < -0.39 is 68.0 Å². The molecule has 6 aromatic rings. The van der Waals surface area contributed by atoms with Crippen LogP contribution in [0.4, 0.5) is 0 Å². The van der Waals surface area contributed by atoms with Crippen LogP contribution in [0.5, 0.6) is 0 Å². The Hall–Kier alpha value is -2.55. The molecule has 6 rings (SSSR count). The van der Waals surface area contributed by atoms with E-state index in [1.54, 1.807) is 0 Å². The van der Waals surface area contributed by atoms with Crippen LogP contribution in [-0.4, -0.2) is 7.32 Å². The topological polar surface area (TPSA) is 27.7 Å². The van der Waals surface area contributed by atoms with Crippen molar-refractivity contribution < 1.29 is 8.95 Å². The molecule has 3 nitrogen and oxygen atoms in total. The predicted octanol–water partition coefficient (Wildman–Crippen LogP) is 14.7. The standard InChI is InChI=1S/C48H54BI3O3/c1-46(2,43-31-19-10-20-32-43)50(37-40-25-13-7-14-26-40)53-49(54-51(38-41-27-15-8-16-28-41)47(3,4)44-33-21-11-22-34-44)55-52(39-42-29-17-9-18-30-42)48(5,6)45-35-23-12-24-36-45/h7-36H,37-39H2,1-6H3. The number of alkyl halides is 6. The molecule has 7 heteroatoms. The van der Waals surface area contributed by atoms with E-state index in [1.165, 1.54) is 33.4 Å². The second-order valence-electron chi connectivity index (χ2n) is 14.9. The Morgan fingerprint density at radius 3 is 0.745 bits per heavy atom. The Morgan fingerprint density at radius 1 is 0.327 bits per heavy atom. The van der Waals surface area contributed by atoms with Crippen molar-refractivity contribution in [2.45, 2.75) is 65.1 Å².